The van der Waals surface area contributed by atoms with Gasteiger partial charge in [-0.1, -0.05) is 0 Å². The van der Waals surface area contributed by atoms with Gasteiger partial charge in [-0.3, -0.25) is 4.79 Å². The topological polar surface area (TPSA) is 82.8 Å². The Morgan fingerprint density at radius 1 is 1.40 bits per heavy atom. The minimum absolute atomic E-state index is 0.139. The van der Waals surface area contributed by atoms with Gasteiger partial charge in [0.15, 0.2) is 0 Å². The summed E-state index contributed by atoms with van der Waals surface area (Å²) in [4.78, 5) is 25.4. The second-order valence-electron chi connectivity index (χ2n) is 5.64. The number of aliphatic hydroxyl groups is 1. The van der Waals surface area contributed by atoms with Crippen LogP contribution in [0.5, 0.6) is 0 Å². The van der Waals surface area contributed by atoms with Crippen LogP contribution in [0.2, 0.25) is 0 Å². The fourth-order valence-electron chi connectivity index (χ4n) is 2.56. The maximum absolute atomic E-state index is 12.2. The average Bonchev–Trinajstić information content (AvgIpc) is 2.37. The Labute approximate surface area is 117 Å². The van der Waals surface area contributed by atoms with E-state index in [2.05, 4.69) is 4.90 Å². The second-order valence-corrected chi connectivity index (χ2v) is 5.64. The monoisotopic (exact) mass is 280 g/mol. The fourth-order valence-corrected chi connectivity index (χ4v) is 2.56. The summed E-state index contributed by atoms with van der Waals surface area (Å²) in [5.74, 6) is -1.22. The Hall–Kier alpha value is -1.66. The van der Waals surface area contributed by atoms with E-state index in [0.717, 1.165) is 13.1 Å². The highest BCUT2D eigenvalue weighted by Gasteiger charge is 2.32. The van der Waals surface area contributed by atoms with Gasteiger partial charge in [0.25, 0.3) is 5.56 Å². The molecule has 1 aliphatic heterocycles. The highest BCUT2D eigenvalue weighted by molar-refractivity contribution is 5.88. The molecule has 1 aromatic rings. The van der Waals surface area contributed by atoms with Crippen molar-refractivity contribution in [2.75, 3.05) is 20.1 Å². The van der Waals surface area contributed by atoms with Gasteiger partial charge in [0, 0.05) is 19.3 Å². The summed E-state index contributed by atoms with van der Waals surface area (Å²) in [5.41, 5.74) is -1.27. The van der Waals surface area contributed by atoms with Crippen LogP contribution in [-0.2, 0) is 6.54 Å². The first-order chi connectivity index (χ1) is 9.32. The summed E-state index contributed by atoms with van der Waals surface area (Å²) in [7, 11) is 1.99. The molecular weight excluding hydrogens is 260 g/mol. The van der Waals surface area contributed by atoms with Crippen molar-refractivity contribution in [3.63, 3.8) is 0 Å². The molecule has 0 atom stereocenters. The Morgan fingerprint density at radius 3 is 2.55 bits per heavy atom. The van der Waals surface area contributed by atoms with E-state index in [-0.39, 0.29) is 12.1 Å². The molecule has 2 rings (SSSR count). The summed E-state index contributed by atoms with van der Waals surface area (Å²) in [6, 6.07) is 1.60. The molecule has 0 spiro atoms. The first kappa shape index (κ1) is 14.7. The molecule has 2 heterocycles. The summed E-state index contributed by atoms with van der Waals surface area (Å²) < 4.78 is 1.31. The van der Waals surface area contributed by atoms with Crippen molar-refractivity contribution in [2.24, 2.45) is 0 Å². The van der Waals surface area contributed by atoms with Crippen LogP contribution in [0.3, 0.4) is 0 Å². The number of hydrogen-bond donors (Lipinski definition) is 2. The Morgan fingerprint density at radius 2 is 2.00 bits per heavy atom. The summed E-state index contributed by atoms with van der Waals surface area (Å²) in [6.07, 6.45) is 2.71. The number of pyridine rings is 1. The van der Waals surface area contributed by atoms with Gasteiger partial charge in [-0.05, 0) is 38.4 Å². The van der Waals surface area contributed by atoms with Crippen molar-refractivity contribution in [1.82, 2.24) is 9.47 Å². The minimum atomic E-state index is -1.22. The molecule has 20 heavy (non-hydrogen) atoms. The molecule has 6 nitrogen and oxygen atoms in total. The maximum Gasteiger partial charge on any atom is 0.341 e. The third kappa shape index (κ3) is 2.91. The first-order valence-electron chi connectivity index (χ1n) is 6.67. The molecule has 110 valence electrons. The molecule has 0 amide bonds. The maximum atomic E-state index is 12.2. The number of carbonyl (C=O) groups is 1. The van der Waals surface area contributed by atoms with Crippen LogP contribution in [0.1, 0.15) is 28.8 Å². The Balaban J connectivity index is 2.29. The number of likely N-dealkylation sites (tertiary alicyclic amines) is 1. The van der Waals surface area contributed by atoms with Gasteiger partial charge >= 0.3 is 5.97 Å². The number of nitrogens with zero attached hydrogens (tertiary/aromatic N) is 2. The third-order valence-corrected chi connectivity index (χ3v) is 3.97. The number of aryl methyl sites for hydroxylation is 1. The zero-order chi connectivity index (χ0) is 14.9. The van der Waals surface area contributed by atoms with Crippen LogP contribution in [0.15, 0.2) is 17.1 Å². The van der Waals surface area contributed by atoms with E-state index in [1.165, 1.54) is 4.57 Å². The van der Waals surface area contributed by atoms with E-state index in [0.29, 0.717) is 18.4 Å². The highest BCUT2D eigenvalue weighted by atomic mass is 16.4. The first-order valence-corrected chi connectivity index (χ1v) is 6.67. The largest absolute Gasteiger partial charge is 0.477 e. The Bertz CT molecular complexity index is 571. The van der Waals surface area contributed by atoms with Crippen LogP contribution in [-0.4, -0.2) is 51.4 Å². The molecule has 1 saturated heterocycles. The molecule has 1 aliphatic rings. The zero-order valence-electron chi connectivity index (χ0n) is 11.8. The SMILES string of the molecule is Cc1ccn(CC2(O)CCN(C)CC2)c(=O)c1C(=O)O. The number of hydrogen-bond acceptors (Lipinski definition) is 4. The summed E-state index contributed by atoms with van der Waals surface area (Å²) in [6.45, 7) is 3.27. The molecule has 0 unspecified atom stereocenters. The van der Waals surface area contributed by atoms with Crippen molar-refractivity contribution >= 4 is 5.97 Å². The smallest absolute Gasteiger partial charge is 0.341 e. The molecule has 0 radical (unpaired) electrons. The number of rotatable bonds is 3. The lowest BCUT2D eigenvalue weighted by molar-refractivity contribution is -0.0298. The summed E-state index contributed by atoms with van der Waals surface area (Å²) in [5, 5.41) is 19.6. The molecule has 0 bridgehead atoms. The molecule has 0 saturated carbocycles. The van der Waals surface area contributed by atoms with Crippen molar-refractivity contribution < 1.29 is 15.0 Å². The Kier molecular flexibility index (Phi) is 3.96. The molecule has 0 aliphatic carbocycles. The van der Waals surface area contributed by atoms with Crippen LogP contribution in [0.25, 0.3) is 0 Å². The fraction of sp³-hybridized carbons (Fsp3) is 0.571. The minimum Gasteiger partial charge on any atom is -0.477 e. The van der Waals surface area contributed by atoms with Gasteiger partial charge in [0.1, 0.15) is 5.56 Å². The molecule has 0 aromatic carbocycles. The summed E-state index contributed by atoms with van der Waals surface area (Å²) >= 11 is 0. The van der Waals surface area contributed by atoms with Crippen molar-refractivity contribution in [1.29, 1.82) is 0 Å². The molecule has 6 heteroatoms. The standard InChI is InChI=1S/C14H20N2O4/c1-10-3-6-16(12(17)11(10)13(18)19)9-14(20)4-7-15(2)8-5-14/h3,6,20H,4-5,7-9H2,1-2H3,(H,18,19). The lowest BCUT2D eigenvalue weighted by Gasteiger charge is -2.36. The quantitative estimate of drug-likeness (QED) is 0.832. The zero-order valence-corrected chi connectivity index (χ0v) is 11.8. The molecule has 2 N–H and O–H groups in total. The van der Waals surface area contributed by atoms with Gasteiger partial charge < -0.3 is 19.7 Å². The number of aromatic nitrogens is 1. The predicted molar refractivity (Wildman–Crippen MR) is 74.1 cm³/mol. The lowest BCUT2D eigenvalue weighted by Crippen LogP contribution is -2.47. The normalized spacial score (nSPS) is 18.9. The number of carboxylic acids is 1. The molecule has 1 aromatic heterocycles. The van der Waals surface area contributed by atoms with Crippen LogP contribution < -0.4 is 5.56 Å². The van der Waals surface area contributed by atoms with Crippen LogP contribution in [0.4, 0.5) is 0 Å². The van der Waals surface area contributed by atoms with Gasteiger partial charge in [0.05, 0.1) is 12.1 Å². The van der Waals surface area contributed by atoms with E-state index < -0.39 is 17.1 Å². The van der Waals surface area contributed by atoms with E-state index in [4.69, 9.17) is 5.11 Å². The van der Waals surface area contributed by atoms with E-state index in [1.54, 1.807) is 19.2 Å². The van der Waals surface area contributed by atoms with Crippen molar-refractivity contribution in [3.8, 4) is 0 Å². The van der Waals surface area contributed by atoms with Crippen molar-refractivity contribution in [2.45, 2.75) is 31.9 Å². The third-order valence-electron chi connectivity index (χ3n) is 3.97. The predicted octanol–water partition coefficient (Wildman–Crippen LogP) is 0.312. The van der Waals surface area contributed by atoms with Gasteiger partial charge in [-0.25, -0.2) is 4.79 Å². The molecule has 1 fully saturated rings. The van der Waals surface area contributed by atoms with Crippen LogP contribution >= 0.6 is 0 Å². The van der Waals surface area contributed by atoms with Gasteiger partial charge in [-0.15, -0.1) is 0 Å². The van der Waals surface area contributed by atoms with E-state index in [1.807, 2.05) is 7.05 Å². The highest BCUT2D eigenvalue weighted by Crippen LogP contribution is 2.23. The number of carboxylic acid groups (broad SMARTS) is 1. The van der Waals surface area contributed by atoms with Gasteiger partial charge in [-0.2, -0.15) is 0 Å². The van der Waals surface area contributed by atoms with Gasteiger partial charge in [0.2, 0.25) is 0 Å². The van der Waals surface area contributed by atoms with Crippen LogP contribution in [0, 0.1) is 6.92 Å². The second kappa shape index (κ2) is 5.38. The van der Waals surface area contributed by atoms with E-state index in [9.17, 15) is 14.7 Å². The number of piperidine rings is 1. The number of aromatic carboxylic acids is 1. The van der Waals surface area contributed by atoms with E-state index >= 15 is 0 Å². The lowest BCUT2D eigenvalue weighted by atomic mass is 9.91. The van der Waals surface area contributed by atoms with Crippen molar-refractivity contribution in [3.05, 3.63) is 33.7 Å². The average molecular weight is 280 g/mol. The molecular formula is C14H20N2O4.